The number of aromatic hydroxyl groups is 1. The summed E-state index contributed by atoms with van der Waals surface area (Å²) in [5, 5.41) is 11.5. The van der Waals surface area contributed by atoms with Crippen molar-refractivity contribution in [1.82, 2.24) is 4.98 Å². The zero-order chi connectivity index (χ0) is 12.6. The van der Waals surface area contributed by atoms with Gasteiger partial charge in [0.2, 0.25) is 0 Å². The van der Waals surface area contributed by atoms with E-state index in [0.717, 1.165) is 0 Å². The summed E-state index contributed by atoms with van der Waals surface area (Å²) in [6.45, 7) is 2.11. The fourth-order valence-electron chi connectivity index (χ4n) is 1.92. The molecule has 0 unspecified atom stereocenters. The van der Waals surface area contributed by atoms with Crippen molar-refractivity contribution in [1.29, 1.82) is 0 Å². The molecule has 0 bridgehead atoms. The molecule has 1 aromatic heterocycles. The minimum Gasteiger partial charge on any atom is -0.505 e. The molecular formula is C12H13ClN2O2. The molecule has 90 valence electrons. The van der Waals surface area contributed by atoms with Crippen LogP contribution in [0.25, 0.3) is 10.8 Å². The van der Waals surface area contributed by atoms with Gasteiger partial charge in [-0.05, 0) is 31.2 Å². The lowest BCUT2D eigenvalue weighted by Crippen LogP contribution is -2.14. The van der Waals surface area contributed by atoms with E-state index in [4.69, 9.17) is 17.3 Å². The summed E-state index contributed by atoms with van der Waals surface area (Å²) in [5.74, 6) is 0.0739. The molecule has 0 amide bonds. The van der Waals surface area contributed by atoms with Gasteiger partial charge in [0.1, 0.15) is 5.75 Å². The van der Waals surface area contributed by atoms with Crippen LogP contribution in [-0.2, 0) is 6.42 Å². The van der Waals surface area contributed by atoms with Crippen molar-refractivity contribution in [2.45, 2.75) is 13.3 Å². The molecule has 17 heavy (non-hydrogen) atoms. The highest BCUT2D eigenvalue weighted by molar-refractivity contribution is 6.32. The summed E-state index contributed by atoms with van der Waals surface area (Å²) < 4.78 is 0. The monoisotopic (exact) mass is 252 g/mol. The second kappa shape index (κ2) is 4.39. The van der Waals surface area contributed by atoms with E-state index in [1.54, 1.807) is 19.1 Å². The van der Waals surface area contributed by atoms with Gasteiger partial charge in [0.15, 0.2) is 0 Å². The van der Waals surface area contributed by atoms with Crippen LogP contribution < -0.4 is 11.3 Å². The Kier molecular flexibility index (Phi) is 3.09. The molecule has 1 heterocycles. The van der Waals surface area contributed by atoms with Crippen molar-refractivity contribution in [3.8, 4) is 5.75 Å². The number of aryl methyl sites for hydroxylation is 1. The van der Waals surface area contributed by atoms with Gasteiger partial charge in [-0.25, -0.2) is 0 Å². The van der Waals surface area contributed by atoms with Gasteiger partial charge in [-0.1, -0.05) is 11.6 Å². The number of H-pyrrole nitrogens is 1. The number of rotatable bonds is 2. The summed E-state index contributed by atoms with van der Waals surface area (Å²) in [4.78, 5) is 14.6. The zero-order valence-electron chi connectivity index (χ0n) is 9.38. The molecule has 0 aliphatic rings. The molecule has 0 atom stereocenters. The van der Waals surface area contributed by atoms with Crippen LogP contribution in [0.3, 0.4) is 0 Å². The van der Waals surface area contributed by atoms with Crippen molar-refractivity contribution in [3.63, 3.8) is 0 Å². The molecule has 0 aliphatic carbocycles. The zero-order valence-corrected chi connectivity index (χ0v) is 10.1. The fraction of sp³-hybridized carbons (Fsp3) is 0.250. The van der Waals surface area contributed by atoms with Crippen LogP contribution in [0.1, 0.15) is 11.3 Å². The lowest BCUT2D eigenvalue weighted by molar-refractivity contribution is 0.470. The number of hydrogen-bond acceptors (Lipinski definition) is 3. The first-order valence-corrected chi connectivity index (χ1v) is 5.67. The molecule has 4 nitrogen and oxygen atoms in total. The highest BCUT2D eigenvalue weighted by atomic mass is 35.5. The summed E-state index contributed by atoms with van der Waals surface area (Å²) in [6.07, 6.45) is 0.429. The second-order valence-corrected chi connectivity index (χ2v) is 4.32. The number of nitrogens with two attached hydrogens (primary N) is 1. The van der Waals surface area contributed by atoms with Gasteiger partial charge in [0, 0.05) is 16.8 Å². The van der Waals surface area contributed by atoms with Crippen LogP contribution in [0.15, 0.2) is 16.9 Å². The maximum absolute atomic E-state index is 11.9. The third kappa shape index (κ3) is 1.90. The van der Waals surface area contributed by atoms with Gasteiger partial charge >= 0.3 is 0 Å². The Hall–Kier alpha value is -1.52. The normalized spacial score (nSPS) is 11.0. The molecule has 0 saturated heterocycles. The molecule has 0 radical (unpaired) electrons. The van der Waals surface area contributed by atoms with Crippen LogP contribution in [0, 0.1) is 6.92 Å². The van der Waals surface area contributed by atoms with Gasteiger partial charge in [-0.3, -0.25) is 4.79 Å². The third-order valence-electron chi connectivity index (χ3n) is 2.83. The Labute approximate surface area is 103 Å². The van der Waals surface area contributed by atoms with E-state index in [1.165, 1.54) is 0 Å². The smallest absolute Gasteiger partial charge is 0.256 e. The van der Waals surface area contributed by atoms with Crippen LogP contribution in [0.2, 0.25) is 5.02 Å². The number of pyridine rings is 1. The first-order valence-electron chi connectivity index (χ1n) is 5.29. The van der Waals surface area contributed by atoms with E-state index < -0.39 is 0 Å². The van der Waals surface area contributed by atoms with E-state index >= 15 is 0 Å². The molecular weight excluding hydrogens is 240 g/mol. The van der Waals surface area contributed by atoms with Crippen LogP contribution in [0.4, 0.5) is 0 Å². The van der Waals surface area contributed by atoms with Crippen LogP contribution in [-0.4, -0.2) is 16.6 Å². The largest absolute Gasteiger partial charge is 0.505 e. The predicted octanol–water partition coefficient (Wildman–Crippen LogP) is 1.70. The summed E-state index contributed by atoms with van der Waals surface area (Å²) in [5.41, 5.74) is 6.31. The quantitative estimate of drug-likeness (QED) is 0.761. The Bertz CT molecular complexity index is 634. The molecule has 0 saturated carbocycles. The van der Waals surface area contributed by atoms with Crippen molar-refractivity contribution >= 4 is 22.4 Å². The molecule has 2 aromatic rings. The average Bonchev–Trinajstić information content (AvgIpc) is 2.29. The van der Waals surface area contributed by atoms with Crippen LogP contribution in [0.5, 0.6) is 5.75 Å². The molecule has 0 spiro atoms. The SMILES string of the molecule is Cc1c(Cl)ccc2c(O)c(CCN)[nH]c(=O)c12. The van der Waals surface area contributed by atoms with Gasteiger partial charge < -0.3 is 15.8 Å². The van der Waals surface area contributed by atoms with Crippen molar-refractivity contribution in [2.24, 2.45) is 5.73 Å². The Balaban J connectivity index is 2.88. The number of nitrogens with one attached hydrogen (secondary N) is 1. The number of halogens is 1. The second-order valence-electron chi connectivity index (χ2n) is 3.91. The number of fused-ring (bicyclic) bond motifs is 1. The van der Waals surface area contributed by atoms with E-state index in [2.05, 4.69) is 4.98 Å². The number of aromatic nitrogens is 1. The van der Waals surface area contributed by atoms with Crippen molar-refractivity contribution in [3.05, 3.63) is 38.8 Å². The lowest BCUT2D eigenvalue weighted by Gasteiger charge is -2.09. The molecule has 5 heteroatoms. The highest BCUT2D eigenvalue weighted by Gasteiger charge is 2.13. The van der Waals surface area contributed by atoms with E-state index in [-0.39, 0.29) is 11.3 Å². The maximum Gasteiger partial charge on any atom is 0.256 e. The predicted molar refractivity (Wildman–Crippen MR) is 68.7 cm³/mol. The molecule has 0 fully saturated rings. The first kappa shape index (κ1) is 12.0. The van der Waals surface area contributed by atoms with Gasteiger partial charge in [-0.15, -0.1) is 0 Å². The van der Waals surface area contributed by atoms with Gasteiger partial charge in [-0.2, -0.15) is 0 Å². The van der Waals surface area contributed by atoms with Gasteiger partial charge in [0.25, 0.3) is 5.56 Å². The summed E-state index contributed by atoms with van der Waals surface area (Å²) >= 11 is 5.96. The Morgan fingerprint density at radius 3 is 2.82 bits per heavy atom. The molecule has 2 rings (SSSR count). The van der Waals surface area contributed by atoms with E-state index in [0.29, 0.717) is 40.0 Å². The minimum atomic E-state index is -0.249. The summed E-state index contributed by atoms with van der Waals surface area (Å²) in [7, 11) is 0. The van der Waals surface area contributed by atoms with Gasteiger partial charge in [0.05, 0.1) is 11.1 Å². The standard InChI is InChI=1S/C12H13ClN2O2/c1-6-8(13)3-2-7-10(6)12(17)15-9(4-5-14)11(7)16/h2-3,16H,4-5,14H2,1H3,(H,15,17). The maximum atomic E-state index is 11.9. The fourth-order valence-corrected chi connectivity index (χ4v) is 2.08. The van der Waals surface area contributed by atoms with E-state index in [9.17, 15) is 9.90 Å². The Morgan fingerprint density at radius 2 is 2.18 bits per heavy atom. The minimum absolute atomic E-state index is 0.0739. The number of aromatic amines is 1. The van der Waals surface area contributed by atoms with Crippen LogP contribution >= 0.6 is 11.6 Å². The topological polar surface area (TPSA) is 79.1 Å². The number of benzene rings is 1. The molecule has 4 N–H and O–H groups in total. The molecule has 1 aromatic carbocycles. The third-order valence-corrected chi connectivity index (χ3v) is 3.24. The Morgan fingerprint density at radius 1 is 1.47 bits per heavy atom. The lowest BCUT2D eigenvalue weighted by atomic mass is 10.0. The summed E-state index contributed by atoms with van der Waals surface area (Å²) in [6, 6.07) is 3.32. The number of hydrogen-bond donors (Lipinski definition) is 3. The average molecular weight is 253 g/mol. The van der Waals surface area contributed by atoms with Crippen molar-refractivity contribution < 1.29 is 5.11 Å². The highest BCUT2D eigenvalue weighted by Crippen LogP contribution is 2.30. The molecule has 0 aliphatic heterocycles. The van der Waals surface area contributed by atoms with E-state index in [1.807, 2.05) is 0 Å². The first-order chi connectivity index (χ1) is 8.06. The van der Waals surface area contributed by atoms with Crippen molar-refractivity contribution in [2.75, 3.05) is 6.54 Å².